The zero-order valence-corrected chi connectivity index (χ0v) is 14.7. The Morgan fingerprint density at radius 1 is 1.04 bits per heavy atom. The first kappa shape index (κ1) is 15.4. The summed E-state index contributed by atoms with van der Waals surface area (Å²) in [7, 11) is 0. The van der Waals surface area contributed by atoms with Gasteiger partial charge in [-0.3, -0.25) is 5.10 Å². The molecular formula is C22H22N4. The zero-order chi connectivity index (χ0) is 17.5. The van der Waals surface area contributed by atoms with E-state index in [1.54, 1.807) is 0 Å². The third-order valence-electron chi connectivity index (χ3n) is 5.45. The SMILES string of the molecule is N[C@@H]1CCN(c2ccc3[nH]nc(Cc4cccc5ccccc45)c3c2)C1. The number of H-pyrrole nitrogens is 1. The second kappa shape index (κ2) is 6.15. The summed E-state index contributed by atoms with van der Waals surface area (Å²) >= 11 is 0. The normalized spacial score (nSPS) is 17.4. The zero-order valence-electron chi connectivity index (χ0n) is 14.7. The summed E-state index contributed by atoms with van der Waals surface area (Å²) in [6.07, 6.45) is 1.89. The minimum atomic E-state index is 0.283. The molecule has 0 aliphatic carbocycles. The van der Waals surface area contributed by atoms with E-state index in [2.05, 4.69) is 75.8 Å². The van der Waals surface area contributed by atoms with Crippen LogP contribution in [-0.2, 0) is 6.42 Å². The first-order chi connectivity index (χ1) is 12.8. The predicted molar refractivity (Wildman–Crippen MR) is 108 cm³/mol. The van der Waals surface area contributed by atoms with Gasteiger partial charge in [-0.25, -0.2) is 0 Å². The van der Waals surface area contributed by atoms with Crippen molar-refractivity contribution in [2.45, 2.75) is 18.9 Å². The number of hydrogen-bond donors (Lipinski definition) is 2. The molecule has 1 saturated heterocycles. The van der Waals surface area contributed by atoms with Gasteiger partial charge in [0.1, 0.15) is 0 Å². The molecule has 1 aromatic heterocycles. The Labute approximate surface area is 152 Å². The van der Waals surface area contributed by atoms with Crippen molar-refractivity contribution in [2.75, 3.05) is 18.0 Å². The van der Waals surface area contributed by atoms with Crippen LogP contribution in [0.25, 0.3) is 21.7 Å². The summed E-state index contributed by atoms with van der Waals surface area (Å²) < 4.78 is 0. The minimum Gasteiger partial charge on any atom is -0.370 e. The molecule has 4 heteroatoms. The third-order valence-corrected chi connectivity index (χ3v) is 5.45. The smallest absolute Gasteiger partial charge is 0.0745 e. The van der Waals surface area contributed by atoms with Gasteiger partial charge >= 0.3 is 0 Å². The molecule has 0 bridgehead atoms. The van der Waals surface area contributed by atoms with Gasteiger partial charge in [-0.2, -0.15) is 5.10 Å². The lowest BCUT2D eigenvalue weighted by molar-refractivity contribution is 0.752. The van der Waals surface area contributed by atoms with Gasteiger partial charge in [-0.15, -0.1) is 0 Å². The summed E-state index contributed by atoms with van der Waals surface area (Å²) in [5, 5.41) is 11.6. The number of nitrogens with two attached hydrogens (primary N) is 1. The molecule has 1 fully saturated rings. The van der Waals surface area contributed by atoms with E-state index in [0.29, 0.717) is 0 Å². The number of anilines is 1. The van der Waals surface area contributed by atoms with Gasteiger partial charge in [0, 0.05) is 36.6 Å². The molecule has 0 amide bonds. The van der Waals surface area contributed by atoms with Crippen molar-refractivity contribution in [1.82, 2.24) is 10.2 Å². The van der Waals surface area contributed by atoms with Crippen molar-refractivity contribution in [3.8, 4) is 0 Å². The van der Waals surface area contributed by atoms with E-state index >= 15 is 0 Å². The molecule has 3 N–H and O–H groups in total. The molecule has 4 nitrogen and oxygen atoms in total. The van der Waals surface area contributed by atoms with E-state index in [0.717, 1.165) is 37.1 Å². The lowest BCUT2D eigenvalue weighted by Crippen LogP contribution is -2.26. The summed E-state index contributed by atoms with van der Waals surface area (Å²) in [5.41, 5.74) is 10.8. The van der Waals surface area contributed by atoms with Crippen LogP contribution in [-0.4, -0.2) is 29.3 Å². The van der Waals surface area contributed by atoms with Gasteiger partial charge in [0.15, 0.2) is 0 Å². The Bertz CT molecular complexity index is 1080. The van der Waals surface area contributed by atoms with E-state index in [1.807, 2.05) is 0 Å². The Morgan fingerprint density at radius 2 is 1.92 bits per heavy atom. The van der Waals surface area contributed by atoms with E-state index in [9.17, 15) is 0 Å². The average molecular weight is 342 g/mol. The van der Waals surface area contributed by atoms with E-state index < -0.39 is 0 Å². The molecule has 2 heterocycles. The average Bonchev–Trinajstić information content (AvgIpc) is 3.28. The molecule has 1 aliphatic heterocycles. The van der Waals surface area contributed by atoms with Crippen LogP contribution >= 0.6 is 0 Å². The number of rotatable bonds is 3. The number of aromatic amines is 1. The van der Waals surface area contributed by atoms with Crippen LogP contribution in [0.1, 0.15) is 17.7 Å². The minimum absolute atomic E-state index is 0.283. The summed E-state index contributed by atoms with van der Waals surface area (Å²) in [6, 6.07) is 21.9. The Morgan fingerprint density at radius 3 is 2.81 bits per heavy atom. The maximum atomic E-state index is 6.08. The molecule has 4 aromatic rings. The number of aromatic nitrogens is 2. The fourth-order valence-electron chi connectivity index (χ4n) is 4.04. The van der Waals surface area contributed by atoms with Crippen LogP contribution < -0.4 is 10.6 Å². The van der Waals surface area contributed by atoms with Crippen LogP contribution in [0.15, 0.2) is 60.7 Å². The van der Waals surface area contributed by atoms with Crippen LogP contribution in [0.4, 0.5) is 5.69 Å². The summed E-state index contributed by atoms with van der Waals surface area (Å²) in [4.78, 5) is 2.37. The fraction of sp³-hybridized carbons (Fsp3) is 0.227. The van der Waals surface area contributed by atoms with Crippen LogP contribution in [0.3, 0.4) is 0 Å². The molecule has 26 heavy (non-hydrogen) atoms. The number of benzene rings is 3. The molecule has 0 saturated carbocycles. The lowest BCUT2D eigenvalue weighted by atomic mass is 9.99. The molecule has 0 spiro atoms. The Kier molecular flexibility index (Phi) is 3.64. The lowest BCUT2D eigenvalue weighted by Gasteiger charge is -2.18. The van der Waals surface area contributed by atoms with Gasteiger partial charge in [-0.05, 0) is 41.0 Å². The van der Waals surface area contributed by atoms with Gasteiger partial charge in [0.05, 0.1) is 11.2 Å². The van der Waals surface area contributed by atoms with Gasteiger partial charge in [0.2, 0.25) is 0 Å². The van der Waals surface area contributed by atoms with Crippen molar-refractivity contribution in [2.24, 2.45) is 5.73 Å². The highest BCUT2D eigenvalue weighted by Gasteiger charge is 2.20. The molecule has 5 rings (SSSR count). The van der Waals surface area contributed by atoms with Crippen molar-refractivity contribution < 1.29 is 0 Å². The number of nitrogens with one attached hydrogen (secondary N) is 1. The predicted octanol–water partition coefficient (Wildman–Crippen LogP) is 3.84. The number of hydrogen-bond acceptors (Lipinski definition) is 3. The molecule has 0 radical (unpaired) electrons. The molecule has 3 aromatic carbocycles. The van der Waals surface area contributed by atoms with Crippen LogP contribution in [0.5, 0.6) is 0 Å². The van der Waals surface area contributed by atoms with Crippen LogP contribution in [0.2, 0.25) is 0 Å². The van der Waals surface area contributed by atoms with E-state index in [4.69, 9.17) is 5.73 Å². The molecule has 0 unspecified atom stereocenters. The van der Waals surface area contributed by atoms with Gasteiger partial charge < -0.3 is 10.6 Å². The van der Waals surface area contributed by atoms with Gasteiger partial charge in [-0.1, -0.05) is 42.5 Å². The molecular weight excluding hydrogens is 320 g/mol. The second-order valence-electron chi connectivity index (χ2n) is 7.21. The first-order valence-corrected chi connectivity index (χ1v) is 9.22. The monoisotopic (exact) mass is 342 g/mol. The molecule has 130 valence electrons. The van der Waals surface area contributed by atoms with E-state index in [1.165, 1.54) is 27.4 Å². The molecule has 1 aliphatic rings. The van der Waals surface area contributed by atoms with Crippen molar-refractivity contribution in [3.05, 3.63) is 71.9 Å². The number of fused-ring (bicyclic) bond motifs is 2. The second-order valence-corrected chi connectivity index (χ2v) is 7.21. The van der Waals surface area contributed by atoms with Crippen LogP contribution in [0, 0.1) is 0 Å². The van der Waals surface area contributed by atoms with Crippen molar-refractivity contribution in [3.63, 3.8) is 0 Å². The maximum absolute atomic E-state index is 6.08. The largest absolute Gasteiger partial charge is 0.370 e. The highest BCUT2D eigenvalue weighted by molar-refractivity contribution is 5.88. The standard InChI is InChI=1S/C22H22N4/c23-17-10-11-26(14-17)18-8-9-21-20(13-18)22(25-24-21)12-16-6-3-5-15-4-1-2-7-19(15)16/h1-9,13,17H,10-12,14,23H2,(H,24,25)/t17-/m1/s1. The first-order valence-electron chi connectivity index (χ1n) is 9.22. The summed E-state index contributed by atoms with van der Waals surface area (Å²) in [6.45, 7) is 1.96. The summed E-state index contributed by atoms with van der Waals surface area (Å²) in [5.74, 6) is 0. The third kappa shape index (κ3) is 2.63. The Hall–Kier alpha value is -2.85. The van der Waals surface area contributed by atoms with Gasteiger partial charge in [0.25, 0.3) is 0 Å². The highest BCUT2D eigenvalue weighted by atomic mass is 15.2. The van der Waals surface area contributed by atoms with Crippen molar-refractivity contribution in [1.29, 1.82) is 0 Å². The van der Waals surface area contributed by atoms with Crippen molar-refractivity contribution >= 4 is 27.4 Å². The topological polar surface area (TPSA) is 57.9 Å². The van der Waals surface area contributed by atoms with E-state index in [-0.39, 0.29) is 6.04 Å². The quantitative estimate of drug-likeness (QED) is 0.595. The highest BCUT2D eigenvalue weighted by Crippen LogP contribution is 2.28. The fourth-order valence-corrected chi connectivity index (χ4v) is 4.04. The maximum Gasteiger partial charge on any atom is 0.0745 e. The molecule has 1 atom stereocenters. The Balaban J connectivity index is 1.54. The number of nitrogens with zero attached hydrogens (tertiary/aromatic N) is 2.